The second kappa shape index (κ2) is 90.0. The maximum absolute atomic E-state index is 0. The van der Waals surface area contributed by atoms with Gasteiger partial charge in [-0.3, -0.25) is 18.8 Å². The zero-order chi connectivity index (χ0) is 0. The fourth-order valence-electron chi connectivity index (χ4n) is 0. The van der Waals surface area contributed by atoms with E-state index in [2.05, 4.69) is 0 Å². The summed E-state index contributed by atoms with van der Waals surface area (Å²) >= 11 is 0. The maximum atomic E-state index is 0. The Morgan fingerprint density at radius 3 is 0.400 bits per heavy atom. The molecule has 35 valence electrons. The first-order chi connectivity index (χ1) is 0. The topological polar surface area (TPSA) is 0 Å². The summed E-state index contributed by atoms with van der Waals surface area (Å²) in [7, 11) is 0. The van der Waals surface area contributed by atoms with Gasteiger partial charge in [0.05, 0.1) is 0 Å². The van der Waals surface area contributed by atoms with Gasteiger partial charge >= 0.3 is 0 Å². The van der Waals surface area contributed by atoms with Crippen molar-refractivity contribution >= 4 is 0 Å². The number of hydrogen-bond acceptors (Lipinski definition) is 0. The predicted octanol–water partition coefficient (Wildman–Crippen LogP) is 0.610. The van der Waals surface area contributed by atoms with E-state index in [1.165, 1.54) is 0 Å². The average Bonchev–Trinajstić information content (AvgIpc) is 0. The van der Waals surface area contributed by atoms with Crippen molar-refractivity contribution in [1.82, 2.24) is 0 Å². The van der Waals surface area contributed by atoms with Crippen LogP contribution in [0.4, 0.5) is 18.8 Å². The van der Waals surface area contributed by atoms with E-state index in [9.17, 15) is 0 Å². The summed E-state index contributed by atoms with van der Waals surface area (Å²) in [6.07, 6.45) is 0. The van der Waals surface area contributed by atoms with Crippen molar-refractivity contribution < 1.29 is 54.4 Å². The van der Waals surface area contributed by atoms with Crippen LogP contribution in [0.15, 0.2) is 0 Å². The normalized spacial score (nSPS) is 0. The van der Waals surface area contributed by atoms with Crippen LogP contribution < -0.4 is 0 Å². The van der Waals surface area contributed by atoms with Crippen LogP contribution in [0.3, 0.4) is 0 Å². The van der Waals surface area contributed by atoms with Gasteiger partial charge in [-0.25, -0.2) is 0 Å². The molecule has 0 nitrogen and oxygen atoms in total. The van der Waals surface area contributed by atoms with Crippen molar-refractivity contribution in [3.05, 3.63) is 0 Å². The minimum atomic E-state index is 0. The molecule has 0 amide bonds. The molecule has 0 aromatic carbocycles. The molecule has 0 aromatic rings. The van der Waals surface area contributed by atoms with Gasteiger partial charge in [0.1, 0.15) is 0 Å². The third-order valence-corrected chi connectivity index (χ3v) is 0. The molecule has 0 aliphatic heterocycles. The van der Waals surface area contributed by atoms with Crippen molar-refractivity contribution in [2.45, 2.75) is 0 Å². The van der Waals surface area contributed by atoms with Gasteiger partial charge in [-0.15, -0.1) is 0 Å². The summed E-state index contributed by atoms with van der Waals surface area (Å²) in [5, 5.41) is 0. The van der Waals surface area contributed by atoms with Crippen LogP contribution in [0, 0.1) is 35.6 Å². The average molecular weight is 219 g/mol. The van der Waals surface area contributed by atoms with Crippen LogP contribution in [-0.4, -0.2) is 0 Å². The third-order valence-electron chi connectivity index (χ3n) is 0. The van der Waals surface area contributed by atoms with Gasteiger partial charge in [0, 0.05) is 35.6 Å². The number of rotatable bonds is 0. The van der Waals surface area contributed by atoms with Crippen molar-refractivity contribution in [2.24, 2.45) is 0 Å². The Bertz CT molecular complexity index is 3.61. The van der Waals surface area contributed by atoms with Crippen LogP contribution in [0.25, 0.3) is 0 Å². The molecule has 0 heterocycles. The van der Waals surface area contributed by atoms with Crippen LogP contribution in [0.5, 0.6) is 0 Å². The molecule has 0 aliphatic carbocycles. The second-order valence-electron chi connectivity index (χ2n) is 0. The maximum Gasteiger partial charge on any atom is 0 e. The number of halogens is 4. The minimum absolute atomic E-state index is 0. The quantitative estimate of drug-likeness (QED) is 0.523. The molecule has 0 aliphatic rings. The molecule has 0 fully saturated rings. The Morgan fingerprint density at radius 2 is 0.400 bits per heavy atom. The molecule has 0 aromatic heterocycles. The van der Waals surface area contributed by atoms with E-state index in [1.54, 1.807) is 0 Å². The first kappa shape index (κ1) is 171. The molecule has 0 spiro atoms. The molecule has 0 rings (SSSR count). The van der Waals surface area contributed by atoms with Crippen LogP contribution in [0.2, 0.25) is 0 Å². The zero-order valence-corrected chi connectivity index (χ0v) is 5.84. The molecule has 1 radical (unpaired) electrons. The largest absolute Gasteiger partial charge is 0.269 e. The standard InChI is InChI=1S/4FH.La/h4*1H;. The van der Waals surface area contributed by atoms with E-state index >= 15 is 0 Å². The monoisotopic (exact) mass is 219 g/mol. The van der Waals surface area contributed by atoms with Crippen molar-refractivity contribution in [2.75, 3.05) is 0 Å². The SMILES string of the molecule is F.F.F.F.[La]. The summed E-state index contributed by atoms with van der Waals surface area (Å²) in [5.74, 6) is 0. The van der Waals surface area contributed by atoms with Gasteiger partial charge in [0.25, 0.3) is 0 Å². The summed E-state index contributed by atoms with van der Waals surface area (Å²) in [6, 6.07) is 0. The predicted molar refractivity (Wildman–Crippen MR) is 10.0 cm³/mol. The molecular weight excluding hydrogens is 215 g/mol. The van der Waals surface area contributed by atoms with Crippen LogP contribution >= 0.6 is 0 Å². The van der Waals surface area contributed by atoms with Crippen molar-refractivity contribution in [3.63, 3.8) is 0 Å². The number of hydrogen-bond donors (Lipinski definition) is 0. The minimum Gasteiger partial charge on any atom is -0.269 e. The van der Waals surface area contributed by atoms with Crippen LogP contribution in [-0.2, 0) is 0 Å². The van der Waals surface area contributed by atoms with Gasteiger partial charge in [-0.2, -0.15) is 0 Å². The molecule has 0 saturated carbocycles. The van der Waals surface area contributed by atoms with Crippen molar-refractivity contribution in [1.29, 1.82) is 0 Å². The Kier molecular flexibility index (Phi) is 3070. The van der Waals surface area contributed by atoms with Gasteiger partial charge in [0.2, 0.25) is 0 Å². The molecule has 0 saturated heterocycles. The summed E-state index contributed by atoms with van der Waals surface area (Å²) in [5.41, 5.74) is 0. The van der Waals surface area contributed by atoms with E-state index in [0.29, 0.717) is 0 Å². The van der Waals surface area contributed by atoms with Crippen LogP contribution in [0.1, 0.15) is 0 Å². The van der Waals surface area contributed by atoms with Gasteiger partial charge in [0.15, 0.2) is 0 Å². The first-order valence-corrected chi connectivity index (χ1v) is 0. The Labute approximate surface area is 54.4 Å². The summed E-state index contributed by atoms with van der Waals surface area (Å²) < 4.78 is 0. The molecule has 0 unspecified atom stereocenters. The summed E-state index contributed by atoms with van der Waals surface area (Å²) in [4.78, 5) is 0. The Hall–Kier alpha value is 0.915. The van der Waals surface area contributed by atoms with Gasteiger partial charge in [-0.05, 0) is 0 Å². The fourth-order valence-corrected chi connectivity index (χ4v) is 0. The van der Waals surface area contributed by atoms with Crippen molar-refractivity contribution in [3.8, 4) is 0 Å². The third kappa shape index (κ3) is 49.9. The van der Waals surface area contributed by atoms with E-state index in [0.717, 1.165) is 0 Å². The first-order valence-electron chi connectivity index (χ1n) is 0. The Balaban J connectivity index is 0. The van der Waals surface area contributed by atoms with E-state index in [4.69, 9.17) is 0 Å². The molecular formula is H4F4La. The van der Waals surface area contributed by atoms with Gasteiger partial charge < -0.3 is 0 Å². The summed E-state index contributed by atoms with van der Waals surface area (Å²) in [6.45, 7) is 0. The van der Waals surface area contributed by atoms with E-state index < -0.39 is 0 Å². The molecule has 0 atom stereocenters. The van der Waals surface area contributed by atoms with E-state index in [1.807, 2.05) is 0 Å². The molecule has 5 heavy (non-hydrogen) atoms. The Morgan fingerprint density at radius 1 is 0.400 bits per heavy atom. The smallest absolute Gasteiger partial charge is 0 e. The molecule has 5 heteroatoms. The zero-order valence-electron chi connectivity index (χ0n) is 2.21. The second-order valence-corrected chi connectivity index (χ2v) is 0. The van der Waals surface area contributed by atoms with Gasteiger partial charge in [-0.1, -0.05) is 0 Å². The van der Waals surface area contributed by atoms with E-state index in [-0.39, 0.29) is 54.4 Å². The molecule has 0 N–H and O–H groups in total. The molecule has 0 bridgehead atoms. The fraction of sp³-hybridized carbons (Fsp3) is 0.